The van der Waals surface area contributed by atoms with Gasteiger partial charge in [-0.1, -0.05) is 0 Å². The molecular weight excluding hydrogens is 339 g/mol. The number of benzene rings is 1. The molecule has 0 saturated heterocycles. The van der Waals surface area contributed by atoms with Crippen LogP contribution in [0.5, 0.6) is 5.75 Å². The van der Waals surface area contributed by atoms with Crippen molar-refractivity contribution in [2.24, 2.45) is 0 Å². The molecule has 0 saturated carbocycles. The molecule has 1 aromatic heterocycles. The van der Waals surface area contributed by atoms with Crippen LogP contribution in [-0.4, -0.2) is 29.2 Å². The lowest BCUT2D eigenvalue weighted by molar-refractivity contribution is -0.144. The molecule has 0 fully saturated rings. The van der Waals surface area contributed by atoms with Crippen molar-refractivity contribution in [2.75, 3.05) is 18.5 Å². The van der Waals surface area contributed by atoms with E-state index in [0.717, 1.165) is 6.20 Å². The Morgan fingerprint density at radius 1 is 1.16 bits per heavy atom. The molecular formula is C16H16F3N3O3. The van der Waals surface area contributed by atoms with Crippen LogP contribution in [0.4, 0.5) is 24.7 Å². The van der Waals surface area contributed by atoms with Gasteiger partial charge in [-0.2, -0.15) is 13.2 Å². The summed E-state index contributed by atoms with van der Waals surface area (Å²) in [5.74, 6) is -1.85. The molecule has 2 rings (SSSR count). The standard InChI is InChI=1S/C16H16F3N3O3/c1-3-24-11-7-5-10(6-8-11)21-13-12(14(23)25-4-2)9-20-15(22-13)16(17,18)19/h5-9H,3-4H2,1-2H3,(H,20,21,22). The van der Waals surface area contributed by atoms with Gasteiger partial charge in [-0.3, -0.25) is 0 Å². The summed E-state index contributed by atoms with van der Waals surface area (Å²) >= 11 is 0. The molecule has 9 heteroatoms. The largest absolute Gasteiger partial charge is 0.494 e. The van der Waals surface area contributed by atoms with Crippen LogP contribution in [0.25, 0.3) is 0 Å². The molecule has 0 aliphatic carbocycles. The van der Waals surface area contributed by atoms with Crippen LogP contribution < -0.4 is 10.1 Å². The highest BCUT2D eigenvalue weighted by atomic mass is 19.4. The second kappa shape index (κ2) is 7.82. The molecule has 0 amide bonds. The summed E-state index contributed by atoms with van der Waals surface area (Å²) in [7, 11) is 0. The van der Waals surface area contributed by atoms with Gasteiger partial charge >= 0.3 is 12.1 Å². The summed E-state index contributed by atoms with van der Waals surface area (Å²) in [6, 6.07) is 6.47. The van der Waals surface area contributed by atoms with Crippen LogP contribution in [0.1, 0.15) is 30.0 Å². The maximum Gasteiger partial charge on any atom is 0.451 e. The lowest BCUT2D eigenvalue weighted by Gasteiger charge is -2.13. The highest BCUT2D eigenvalue weighted by Crippen LogP contribution is 2.29. The molecule has 0 aliphatic heterocycles. The van der Waals surface area contributed by atoms with Gasteiger partial charge in [0.1, 0.15) is 17.1 Å². The number of esters is 1. The SMILES string of the molecule is CCOC(=O)c1cnc(C(F)(F)F)nc1Nc1ccc(OCC)cc1. The summed E-state index contributed by atoms with van der Waals surface area (Å²) in [5.41, 5.74) is 0.240. The fourth-order valence-corrected chi connectivity index (χ4v) is 1.91. The number of halogens is 3. The quantitative estimate of drug-likeness (QED) is 0.795. The number of nitrogens with one attached hydrogen (secondary N) is 1. The highest BCUT2D eigenvalue weighted by molar-refractivity contribution is 5.95. The van der Waals surface area contributed by atoms with Crippen molar-refractivity contribution < 1.29 is 27.4 Å². The zero-order chi connectivity index (χ0) is 18.4. The van der Waals surface area contributed by atoms with Crippen molar-refractivity contribution in [3.63, 3.8) is 0 Å². The minimum absolute atomic E-state index is 0.0718. The Balaban J connectivity index is 2.36. The third-order valence-electron chi connectivity index (χ3n) is 2.97. The fourth-order valence-electron chi connectivity index (χ4n) is 1.91. The molecule has 25 heavy (non-hydrogen) atoms. The Labute approximate surface area is 142 Å². The summed E-state index contributed by atoms with van der Waals surface area (Å²) in [4.78, 5) is 18.5. The molecule has 0 unspecified atom stereocenters. The first-order chi connectivity index (χ1) is 11.8. The summed E-state index contributed by atoms with van der Waals surface area (Å²) in [5, 5.41) is 2.69. The molecule has 0 bridgehead atoms. The number of carbonyl (C=O) groups is 1. The normalized spacial score (nSPS) is 11.1. The maximum absolute atomic E-state index is 12.8. The van der Waals surface area contributed by atoms with Crippen molar-refractivity contribution in [3.8, 4) is 5.75 Å². The van der Waals surface area contributed by atoms with Gasteiger partial charge in [0, 0.05) is 11.9 Å². The monoisotopic (exact) mass is 355 g/mol. The first-order valence-electron chi connectivity index (χ1n) is 7.46. The van der Waals surface area contributed by atoms with Crippen LogP contribution in [0.3, 0.4) is 0 Å². The van der Waals surface area contributed by atoms with Gasteiger partial charge in [0.25, 0.3) is 0 Å². The van der Waals surface area contributed by atoms with Crippen molar-refractivity contribution in [3.05, 3.63) is 41.9 Å². The molecule has 0 aliphatic rings. The molecule has 134 valence electrons. The second-order valence-corrected chi connectivity index (χ2v) is 4.76. The Morgan fingerprint density at radius 3 is 2.40 bits per heavy atom. The van der Waals surface area contributed by atoms with Crippen molar-refractivity contribution in [2.45, 2.75) is 20.0 Å². The molecule has 1 N–H and O–H groups in total. The van der Waals surface area contributed by atoms with E-state index in [9.17, 15) is 18.0 Å². The van der Waals surface area contributed by atoms with Gasteiger partial charge < -0.3 is 14.8 Å². The predicted octanol–water partition coefficient (Wildman–Crippen LogP) is 3.81. The van der Waals surface area contributed by atoms with Gasteiger partial charge in [-0.05, 0) is 38.1 Å². The van der Waals surface area contributed by atoms with Crippen molar-refractivity contribution in [1.82, 2.24) is 9.97 Å². The van der Waals surface area contributed by atoms with E-state index in [2.05, 4.69) is 15.3 Å². The topological polar surface area (TPSA) is 73.3 Å². The van der Waals surface area contributed by atoms with E-state index in [1.807, 2.05) is 6.92 Å². The lowest BCUT2D eigenvalue weighted by Crippen LogP contribution is -2.16. The van der Waals surface area contributed by atoms with Crippen molar-refractivity contribution >= 4 is 17.5 Å². The van der Waals surface area contributed by atoms with Gasteiger partial charge in [0.2, 0.25) is 5.82 Å². The first kappa shape index (κ1) is 18.5. The third-order valence-corrected chi connectivity index (χ3v) is 2.97. The predicted molar refractivity (Wildman–Crippen MR) is 83.9 cm³/mol. The van der Waals surface area contributed by atoms with Crippen molar-refractivity contribution in [1.29, 1.82) is 0 Å². The summed E-state index contributed by atoms with van der Waals surface area (Å²) < 4.78 is 48.6. The second-order valence-electron chi connectivity index (χ2n) is 4.76. The van der Waals surface area contributed by atoms with E-state index in [-0.39, 0.29) is 18.0 Å². The van der Waals surface area contributed by atoms with E-state index < -0.39 is 18.0 Å². The molecule has 0 radical (unpaired) electrons. The molecule has 0 spiro atoms. The molecule has 6 nitrogen and oxygen atoms in total. The minimum Gasteiger partial charge on any atom is -0.494 e. The smallest absolute Gasteiger partial charge is 0.451 e. The number of rotatable bonds is 6. The van der Waals surface area contributed by atoms with Gasteiger partial charge in [-0.15, -0.1) is 0 Å². The number of nitrogens with zero attached hydrogens (tertiary/aromatic N) is 2. The van der Waals surface area contributed by atoms with E-state index in [4.69, 9.17) is 9.47 Å². The van der Waals surface area contributed by atoms with Crippen LogP contribution >= 0.6 is 0 Å². The Hall–Kier alpha value is -2.84. The van der Waals surface area contributed by atoms with E-state index >= 15 is 0 Å². The van der Waals surface area contributed by atoms with Crippen LogP contribution in [0.2, 0.25) is 0 Å². The third kappa shape index (κ3) is 4.82. The molecule has 1 heterocycles. The average molecular weight is 355 g/mol. The van der Waals surface area contributed by atoms with Gasteiger partial charge in [0.05, 0.1) is 13.2 Å². The first-order valence-corrected chi connectivity index (χ1v) is 7.46. The highest BCUT2D eigenvalue weighted by Gasteiger charge is 2.35. The zero-order valence-corrected chi connectivity index (χ0v) is 13.6. The lowest BCUT2D eigenvalue weighted by atomic mass is 10.2. The van der Waals surface area contributed by atoms with E-state index in [0.29, 0.717) is 18.0 Å². The average Bonchev–Trinajstić information content (AvgIpc) is 2.56. The number of alkyl halides is 3. The minimum atomic E-state index is -4.73. The zero-order valence-electron chi connectivity index (χ0n) is 13.6. The number of ether oxygens (including phenoxy) is 2. The molecule has 0 atom stereocenters. The Kier molecular flexibility index (Phi) is 5.79. The number of hydrogen-bond acceptors (Lipinski definition) is 6. The summed E-state index contributed by atoms with van der Waals surface area (Å²) in [6.07, 6.45) is -3.94. The fraction of sp³-hybridized carbons (Fsp3) is 0.312. The maximum atomic E-state index is 12.8. The van der Waals surface area contributed by atoms with Crippen LogP contribution in [0.15, 0.2) is 30.5 Å². The Bertz CT molecular complexity index is 734. The number of hydrogen-bond donors (Lipinski definition) is 1. The van der Waals surface area contributed by atoms with Crippen LogP contribution in [-0.2, 0) is 10.9 Å². The van der Waals surface area contributed by atoms with E-state index in [1.54, 1.807) is 31.2 Å². The van der Waals surface area contributed by atoms with Gasteiger partial charge in [-0.25, -0.2) is 14.8 Å². The summed E-state index contributed by atoms with van der Waals surface area (Å²) in [6.45, 7) is 3.97. The van der Waals surface area contributed by atoms with Gasteiger partial charge in [0.15, 0.2) is 0 Å². The number of aromatic nitrogens is 2. The Morgan fingerprint density at radius 2 is 1.84 bits per heavy atom. The molecule has 2 aromatic rings. The number of anilines is 2. The molecule has 1 aromatic carbocycles. The van der Waals surface area contributed by atoms with E-state index in [1.165, 1.54) is 0 Å². The number of carbonyl (C=O) groups excluding carboxylic acids is 1. The van der Waals surface area contributed by atoms with Crippen LogP contribution in [0, 0.1) is 0 Å².